The van der Waals surface area contributed by atoms with Crippen LogP contribution in [0.2, 0.25) is 0 Å². The van der Waals surface area contributed by atoms with Gasteiger partial charge in [0.15, 0.2) is 0 Å². The van der Waals surface area contributed by atoms with Gasteiger partial charge in [-0.25, -0.2) is 0 Å². The van der Waals surface area contributed by atoms with Crippen LogP contribution < -0.4 is 5.32 Å². The van der Waals surface area contributed by atoms with Gasteiger partial charge in [0.1, 0.15) is 11.2 Å². The van der Waals surface area contributed by atoms with E-state index in [-0.39, 0.29) is 17.9 Å². The van der Waals surface area contributed by atoms with Crippen molar-refractivity contribution in [2.75, 3.05) is 0 Å². The monoisotopic (exact) mass is 436 g/mol. The maximum Gasteiger partial charge on any atom is 0.271 e. The first kappa shape index (κ1) is 20.2. The first-order valence-corrected chi connectivity index (χ1v) is 11.9. The quantitative estimate of drug-likeness (QED) is 0.666. The summed E-state index contributed by atoms with van der Waals surface area (Å²) in [4.78, 5) is 33.4. The van der Waals surface area contributed by atoms with E-state index in [0.717, 1.165) is 35.0 Å². The second-order valence-electron chi connectivity index (χ2n) is 9.15. The number of thiophene rings is 1. The number of hydrogen-bond acceptors (Lipinski definition) is 4. The van der Waals surface area contributed by atoms with Crippen molar-refractivity contribution in [3.05, 3.63) is 53.3 Å². The summed E-state index contributed by atoms with van der Waals surface area (Å²) >= 11 is 1.62. The highest BCUT2D eigenvalue weighted by molar-refractivity contribution is 7.17. The fraction of sp³-hybridized carbons (Fsp3) is 0.458. The van der Waals surface area contributed by atoms with Crippen molar-refractivity contribution in [2.45, 2.75) is 64.2 Å². The fourth-order valence-electron chi connectivity index (χ4n) is 5.05. The van der Waals surface area contributed by atoms with Crippen LogP contribution in [0, 0.1) is 5.92 Å². The van der Waals surface area contributed by atoms with Crippen molar-refractivity contribution < 1.29 is 9.59 Å². The van der Waals surface area contributed by atoms with Crippen LogP contribution in [-0.2, 0) is 17.9 Å². The smallest absolute Gasteiger partial charge is 0.271 e. The topological polar surface area (TPSA) is 67.2 Å². The fourth-order valence-corrected chi connectivity index (χ4v) is 5.87. The number of pyridine rings is 1. The number of aromatic nitrogens is 2. The number of nitrogens with one attached hydrogen (secondary N) is 1. The van der Waals surface area contributed by atoms with Crippen LogP contribution in [-0.4, -0.2) is 37.8 Å². The molecule has 3 atom stereocenters. The van der Waals surface area contributed by atoms with E-state index < -0.39 is 5.54 Å². The summed E-state index contributed by atoms with van der Waals surface area (Å²) in [5.41, 5.74) is 1.62. The minimum atomic E-state index is -0.981. The third kappa shape index (κ3) is 3.45. The first-order chi connectivity index (χ1) is 15.0. The maximum atomic E-state index is 13.8. The van der Waals surface area contributed by atoms with Crippen molar-refractivity contribution in [3.63, 3.8) is 0 Å². The Balaban J connectivity index is 1.53. The van der Waals surface area contributed by atoms with Gasteiger partial charge in [-0.2, -0.15) is 0 Å². The molecule has 1 aliphatic heterocycles. The summed E-state index contributed by atoms with van der Waals surface area (Å²) < 4.78 is 3.10. The molecule has 4 heterocycles. The number of amides is 2. The van der Waals surface area contributed by atoms with Crippen LogP contribution in [0.15, 0.2) is 42.0 Å². The molecule has 2 aliphatic rings. The maximum absolute atomic E-state index is 13.8. The number of carbonyl (C=O) groups is 2. The van der Waals surface area contributed by atoms with E-state index in [2.05, 4.69) is 17.2 Å². The van der Waals surface area contributed by atoms with Gasteiger partial charge in [-0.15, -0.1) is 11.3 Å². The Kier molecular flexibility index (Phi) is 5.08. The molecular formula is C24H28N4O2S. The number of fused-ring (bicyclic) bond motifs is 3. The van der Waals surface area contributed by atoms with Crippen molar-refractivity contribution in [1.82, 2.24) is 19.8 Å². The van der Waals surface area contributed by atoms with E-state index in [0.29, 0.717) is 24.7 Å². The van der Waals surface area contributed by atoms with E-state index in [1.54, 1.807) is 28.6 Å². The molecular weight excluding hydrogens is 408 g/mol. The number of rotatable bonds is 4. The predicted molar refractivity (Wildman–Crippen MR) is 122 cm³/mol. The summed E-state index contributed by atoms with van der Waals surface area (Å²) in [5.74, 6) is 0.289. The summed E-state index contributed by atoms with van der Waals surface area (Å²) in [7, 11) is 0. The lowest BCUT2D eigenvalue weighted by atomic mass is 9.85. The molecule has 0 unspecified atom stereocenters. The van der Waals surface area contributed by atoms with Crippen molar-refractivity contribution >= 4 is 33.4 Å². The minimum Gasteiger partial charge on any atom is -0.351 e. The predicted octanol–water partition coefficient (Wildman–Crippen LogP) is 4.21. The van der Waals surface area contributed by atoms with Gasteiger partial charge in [0.2, 0.25) is 5.91 Å². The second kappa shape index (κ2) is 7.79. The molecule has 0 aromatic carbocycles. The van der Waals surface area contributed by atoms with Crippen molar-refractivity contribution in [3.8, 4) is 0 Å². The lowest BCUT2D eigenvalue weighted by molar-refractivity contribution is -0.134. The van der Waals surface area contributed by atoms with Gasteiger partial charge < -0.3 is 14.8 Å². The SMILES string of the molecule is C[C@@H]1CCCC[C@@H]1NC(=O)[C@@]1(C)Cn2c(cc3sccc32)C(=O)N1Cc1cccnc1. The average Bonchev–Trinajstić information content (AvgIpc) is 3.36. The summed E-state index contributed by atoms with van der Waals surface area (Å²) in [5, 5.41) is 5.35. The molecule has 7 heteroatoms. The highest BCUT2D eigenvalue weighted by atomic mass is 32.1. The van der Waals surface area contributed by atoms with E-state index in [1.807, 2.05) is 41.1 Å². The molecule has 1 aliphatic carbocycles. The molecule has 162 valence electrons. The van der Waals surface area contributed by atoms with E-state index in [4.69, 9.17) is 0 Å². The third-order valence-electron chi connectivity index (χ3n) is 7.03. The van der Waals surface area contributed by atoms with E-state index in [1.165, 1.54) is 6.42 Å². The molecule has 0 bridgehead atoms. The second-order valence-corrected chi connectivity index (χ2v) is 10.1. The lowest BCUT2D eigenvalue weighted by Crippen LogP contribution is -2.65. The van der Waals surface area contributed by atoms with E-state index in [9.17, 15) is 9.59 Å². The van der Waals surface area contributed by atoms with Crippen LogP contribution in [0.25, 0.3) is 10.2 Å². The molecule has 1 N–H and O–H groups in total. The molecule has 31 heavy (non-hydrogen) atoms. The number of hydrogen-bond donors (Lipinski definition) is 1. The van der Waals surface area contributed by atoms with Crippen molar-refractivity contribution in [1.29, 1.82) is 0 Å². The number of nitrogens with zero attached hydrogens (tertiary/aromatic N) is 3. The molecule has 3 aromatic rings. The van der Waals surface area contributed by atoms with Gasteiger partial charge in [-0.3, -0.25) is 14.6 Å². The molecule has 0 spiro atoms. The molecule has 2 amide bonds. The van der Waals surface area contributed by atoms with Crippen LogP contribution in [0.4, 0.5) is 0 Å². The molecule has 5 rings (SSSR count). The largest absolute Gasteiger partial charge is 0.351 e. The zero-order chi connectivity index (χ0) is 21.6. The van der Waals surface area contributed by atoms with Crippen molar-refractivity contribution in [2.24, 2.45) is 5.92 Å². The van der Waals surface area contributed by atoms with Crippen LogP contribution in [0.1, 0.15) is 55.6 Å². The first-order valence-electron chi connectivity index (χ1n) is 11.1. The average molecular weight is 437 g/mol. The Bertz CT molecular complexity index is 1120. The molecule has 3 aromatic heterocycles. The highest BCUT2D eigenvalue weighted by Gasteiger charge is 2.48. The summed E-state index contributed by atoms with van der Waals surface area (Å²) in [6.45, 7) is 4.92. The van der Waals surface area contributed by atoms with Gasteiger partial charge >= 0.3 is 0 Å². The van der Waals surface area contributed by atoms with Crippen LogP contribution in [0.5, 0.6) is 0 Å². The molecule has 1 saturated carbocycles. The minimum absolute atomic E-state index is 0.0637. The Labute approximate surface area is 186 Å². The Morgan fingerprint density at radius 3 is 2.94 bits per heavy atom. The van der Waals surface area contributed by atoms with Gasteiger partial charge in [0.05, 0.1) is 16.8 Å². The Hall–Kier alpha value is -2.67. The van der Waals surface area contributed by atoms with Crippen LogP contribution in [0.3, 0.4) is 0 Å². The Morgan fingerprint density at radius 1 is 1.32 bits per heavy atom. The van der Waals surface area contributed by atoms with Crippen LogP contribution >= 0.6 is 11.3 Å². The zero-order valence-corrected chi connectivity index (χ0v) is 18.8. The summed E-state index contributed by atoms with van der Waals surface area (Å²) in [6.07, 6.45) is 7.99. The normalized spacial score (nSPS) is 26.1. The molecule has 1 fully saturated rings. The van der Waals surface area contributed by atoms with Gasteiger partial charge in [-0.05, 0) is 54.8 Å². The number of carbonyl (C=O) groups excluding carboxylic acids is 2. The molecule has 0 saturated heterocycles. The van der Waals surface area contributed by atoms with Gasteiger partial charge in [0, 0.05) is 25.0 Å². The summed E-state index contributed by atoms with van der Waals surface area (Å²) in [6, 6.07) is 7.98. The lowest BCUT2D eigenvalue weighted by Gasteiger charge is -2.45. The van der Waals surface area contributed by atoms with Gasteiger partial charge in [-0.1, -0.05) is 25.8 Å². The highest BCUT2D eigenvalue weighted by Crippen LogP contribution is 2.35. The van der Waals surface area contributed by atoms with Gasteiger partial charge in [0.25, 0.3) is 5.91 Å². The molecule has 6 nitrogen and oxygen atoms in total. The zero-order valence-electron chi connectivity index (χ0n) is 18.0. The van der Waals surface area contributed by atoms with E-state index >= 15 is 0 Å². The molecule has 0 radical (unpaired) electrons. The standard InChI is InChI=1S/C24H28N4O2S/c1-16-6-3-4-8-18(16)26-23(30)24(2)15-27-19-9-11-31-21(19)12-20(27)22(29)28(24)14-17-7-5-10-25-13-17/h5,7,9-13,16,18H,3-4,6,8,14-15H2,1-2H3,(H,26,30)/t16-,18+,24-/m1/s1. The Morgan fingerprint density at radius 2 is 2.16 bits per heavy atom. The third-order valence-corrected chi connectivity index (χ3v) is 7.88.